The topological polar surface area (TPSA) is 63.8 Å². The van der Waals surface area contributed by atoms with Gasteiger partial charge in [-0.2, -0.15) is 15.0 Å². The Balaban J connectivity index is 1.78. The Morgan fingerprint density at radius 2 is 2.11 bits per heavy atom. The quantitative estimate of drug-likeness (QED) is 0.789. The van der Waals surface area contributed by atoms with Crippen LogP contribution in [0.1, 0.15) is 16.8 Å². The number of hydrogen-bond donors (Lipinski definition) is 1. The summed E-state index contributed by atoms with van der Waals surface area (Å²) in [5.74, 6) is 0. The molecule has 2 heterocycles. The molecule has 0 aliphatic heterocycles. The molecule has 3 rings (SSSR count). The van der Waals surface area contributed by atoms with Crippen molar-refractivity contribution in [3.8, 4) is 5.69 Å². The van der Waals surface area contributed by atoms with E-state index in [1.54, 1.807) is 12.4 Å². The van der Waals surface area contributed by atoms with Crippen LogP contribution in [0.25, 0.3) is 5.69 Å². The van der Waals surface area contributed by atoms with Crippen LogP contribution in [-0.4, -0.2) is 25.1 Å². The van der Waals surface area contributed by atoms with Gasteiger partial charge in [0.15, 0.2) is 0 Å². The molecule has 0 aliphatic carbocycles. The van der Waals surface area contributed by atoms with Crippen LogP contribution in [0.5, 0.6) is 0 Å². The van der Waals surface area contributed by atoms with Crippen molar-refractivity contribution < 1.29 is 5.11 Å². The van der Waals surface area contributed by atoms with Crippen LogP contribution in [0.2, 0.25) is 0 Å². The van der Waals surface area contributed by atoms with Gasteiger partial charge in [0.25, 0.3) is 0 Å². The first-order valence-electron chi connectivity index (χ1n) is 5.87. The summed E-state index contributed by atoms with van der Waals surface area (Å²) >= 11 is 1.52. The third-order valence-electron chi connectivity index (χ3n) is 2.69. The zero-order valence-electron chi connectivity index (χ0n) is 10.0. The summed E-state index contributed by atoms with van der Waals surface area (Å²) in [6, 6.07) is 9.61. The molecule has 1 aromatic carbocycles. The molecule has 1 atom stereocenters. The smallest absolute Gasteiger partial charge is 0.112 e. The normalized spacial score (nSPS) is 12.5. The number of para-hydroxylation sites is 1. The Morgan fingerprint density at radius 1 is 1.26 bits per heavy atom. The highest BCUT2D eigenvalue weighted by Crippen LogP contribution is 2.17. The highest BCUT2D eigenvalue weighted by Gasteiger charge is 2.14. The molecule has 5 nitrogen and oxygen atoms in total. The number of aromatic nitrogens is 4. The van der Waals surface area contributed by atoms with E-state index in [-0.39, 0.29) is 0 Å². The van der Waals surface area contributed by atoms with E-state index in [1.165, 1.54) is 16.1 Å². The second-order valence-electron chi connectivity index (χ2n) is 4.04. The molecular formula is C13H12N4OS. The van der Waals surface area contributed by atoms with E-state index in [0.717, 1.165) is 10.7 Å². The maximum Gasteiger partial charge on any atom is 0.112 e. The summed E-state index contributed by atoms with van der Waals surface area (Å²) in [5.41, 5.74) is 1.43. The van der Waals surface area contributed by atoms with Crippen molar-refractivity contribution in [2.75, 3.05) is 0 Å². The number of aliphatic hydroxyl groups excluding tert-OH is 1. The minimum Gasteiger partial charge on any atom is -0.386 e. The maximum absolute atomic E-state index is 10.1. The molecule has 3 aromatic rings. The molecule has 0 saturated carbocycles. The zero-order chi connectivity index (χ0) is 13.1. The van der Waals surface area contributed by atoms with Gasteiger partial charge in [0, 0.05) is 18.0 Å². The predicted molar refractivity (Wildman–Crippen MR) is 72.1 cm³/mol. The van der Waals surface area contributed by atoms with Crippen molar-refractivity contribution in [2.45, 2.75) is 12.5 Å². The van der Waals surface area contributed by atoms with Crippen molar-refractivity contribution in [1.82, 2.24) is 20.0 Å². The second kappa shape index (κ2) is 5.29. The summed E-state index contributed by atoms with van der Waals surface area (Å²) < 4.78 is 0. The summed E-state index contributed by atoms with van der Waals surface area (Å²) in [5, 5.41) is 21.3. The van der Waals surface area contributed by atoms with E-state index in [2.05, 4.69) is 15.2 Å². The molecule has 19 heavy (non-hydrogen) atoms. The SMILES string of the molecule is OC(Cc1nccs1)c1cnn(-c2ccccc2)n1. The molecule has 0 bridgehead atoms. The van der Waals surface area contributed by atoms with Gasteiger partial charge in [-0.05, 0) is 12.1 Å². The van der Waals surface area contributed by atoms with E-state index in [1.807, 2.05) is 35.7 Å². The average molecular weight is 272 g/mol. The molecule has 0 amide bonds. The van der Waals surface area contributed by atoms with Gasteiger partial charge < -0.3 is 5.11 Å². The van der Waals surface area contributed by atoms with E-state index in [9.17, 15) is 5.11 Å². The van der Waals surface area contributed by atoms with Crippen LogP contribution in [-0.2, 0) is 6.42 Å². The van der Waals surface area contributed by atoms with Gasteiger partial charge in [-0.1, -0.05) is 18.2 Å². The fourth-order valence-corrected chi connectivity index (χ4v) is 2.39. The molecule has 0 spiro atoms. The maximum atomic E-state index is 10.1. The molecule has 0 radical (unpaired) electrons. The van der Waals surface area contributed by atoms with Crippen molar-refractivity contribution in [3.63, 3.8) is 0 Å². The first kappa shape index (κ1) is 12.0. The van der Waals surface area contributed by atoms with Gasteiger partial charge in [0.2, 0.25) is 0 Å². The Morgan fingerprint density at radius 3 is 2.84 bits per heavy atom. The van der Waals surface area contributed by atoms with Crippen LogP contribution >= 0.6 is 11.3 Å². The van der Waals surface area contributed by atoms with Gasteiger partial charge >= 0.3 is 0 Å². The molecule has 0 saturated heterocycles. The Bertz CT molecular complexity index is 636. The monoisotopic (exact) mass is 272 g/mol. The third kappa shape index (κ3) is 2.69. The van der Waals surface area contributed by atoms with Crippen molar-refractivity contribution in [2.24, 2.45) is 0 Å². The van der Waals surface area contributed by atoms with Gasteiger partial charge in [-0.25, -0.2) is 4.98 Å². The largest absolute Gasteiger partial charge is 0.386 e. The van der Waals surface area contributed by atoms with Crippen molar-refractivity contribution >= 4 is 11.3 Å². The summed E-state index contributed by atoms with van der Waals surface area (Å²) in [6.07, 6.45) is 3.10. The van der Waals surface area contributed by atoms with Crippen LogP contribution < -0.4 is 0 Å². The number of aliphatic hydroxyl groups is 1. The first-order valence-corrected chi connectivity index (χ1v) is 6.75. The molecule has 1 unspecified atom stereocenters. The lowest BCUT2D eigenvalue weighted by Gasteiger charge is -2.04. The lowest BCUT2D eigenvalue weighted by molar-refractivity contribution is 0.173. The van der Waals surface area contributed by atoms with Gasteiger partial charge in [-0.15, -0.1) is 11.3 Å². The Labute approximate surface area is 114 Å². The molecular weight excluding hydrogens is 260 g/mol. The Hall–Kier alpha value is -2.05. The Kier molecular flexibility index (Phi) is 3.35. The second-order valence-corrected chi connectivity index (χ2v) is 5.02. The molecule has 0 fully saturated rings. The van der Waals surface area contributed by atoms with Crippen LogP contribution in [0.3, 0.4) is 0 Å². The third-order valence-corrected chi connectivity index (χ3v) is 3.49. The molecule has 0 aliphatic rings. The summed E-state index contributed by atoms with van der Waals surface area (Å²) in [4.78, 5) is 5.66. The standard InChI is InChI=1S/C13H12N4OS/c18-12(8-13-14-6-7-19-13)11-9-15-17(16-11)10-4-2-1-3-5-10/h1-7,9,12,18H,8H2. The highest BCUT2D eigenvalue weighted by atomic mass is 32.1. The number of benzene rings is 1. The van der Waals surface area contributed by atoms with Crippen LogP contribution in [0, 0.1) is 0 Å². The van der Waals surface area contributed by atoms with E-state index in [4.69, 9.17) is 0 Å². The van der Waals surface area contributed by atoms with E-state index in [0.29, 0.717) is 12.1 Å². The molecule has 2 aromatic heterocycles. The van der Waals surface area contributed by atoms with Gasteiger partial charge in [0.05, 0.1) is 16.9 Å². The zero-order valence-corrected chi connectivity index (χ0v) is 10.9. The number of thiazole rings is 1. The molecule has 1 N–H and O–H groups in total. The average Bonchev–Trinajstić information content (AvgIpc) is 3.10. The summed E-state index contributed by atoms with van der Waals surface area (Å²) in [6.45, 7) is 0. The fraction of sp³-hybridized carbons (Fsp3) is 0.154. The lowest BCUT2D eigenvalue weighted by Crippen LogP contribution is -2.04. The highest BCUT2D eigenvalue weighted by molar-refractivity contribution is 7.09. The number of rotatable bonds is 4. The van der Waals surface area contributed by atoms with Gasteiger partial charge in [-0.3, -0.25) is 0 Å². The molecule has 96 valence electrons. The van der Waals surface area contributed by atoms with E-state index < -0.39 is 6.10 Å². The van der Waals surface area contributed by atoms with Crippen LogP contribution in [0.15, 0.2) is 48.1 Å². The minimum atomic E-state index is -0.677. The van der Waals surface area contributed by atoms with Crippen LogP contribution in [0.4, 0.5) is 0 Å². The van der Waals surface area contributed by atoms with Crippen molar-refractivity contribution in [1.29, 1.82) is 0 Å². The minimum absolute atomic E-state index is 0.463. The first-order chi connectivity index (χ1) is 9.33. The lowest BCUT2D eigenvalue weighted by atomic mass is 10.2. The summed E-state index contributed by atoms with van der Waals surface area (Å²) in [7, 11) is 0. The van der Waals surface area contributed by atoms with Gasteiger partial charge in [0.1, 0.15) is 11.8 Å². The molecule has 6 heteroatoms. The number of nitrogens with zero attached hydrogens (tertiary/aromatic N) is 4. The predicted octanol–water partition coefficient (Wildman–Crippen LogP) is 2.00. The fourth-order valence-electron chi connectivity index (χ4n) is 1.74. The van der Waals surface area contributed by atoms with E-state index >= 15 is 0 Å². The van der Waals surface area contributed by atoms with Crippen molar-refractivity contribution in [3.05, 3.63) is 58.8 Å². The number of hydrogen-bond acceptors (Lipinski definition) is 5.